The van der Waals surface area contributed by atoms with E-state index in [9.17, 15) is 4.79 Å². The molecule has 3 rings (SSSR count). The van der Waals surface area contributed by atoms with Gasteiger partial charge in [-0.15, -0.1) is 0 Å². The van der Waals surface area contributed by atoms with E-state index in [1.54, 1.807) is 11.8 Å². The van der Waals surface area contributed by atoms with Crippen molar-refractivity contribution in [3.63, 3.8) is 0 Å². The van der Waals surface area contributed by atoms with E-state index in [1.165, 1.54) is 6.42 Å². The van der Waals surface area contributed by atoms with E-state index in [1.807, 2.05) is 29.2 Å². The van der Waals surface area contributed by atoms with Gasteiger partial charge < -0.3 is 4.90 Å². The first-order valence-corrected chi connectivity index (χ1v) is 9.73. The van der Waals surface area contributed by atoms with Crippen LogP contribution in [0.2, 0.25) is 0 Å². The number of hydrogen-bond donors (Lipinski definition) is 0. The van der Waals surface area contributed by atoms with Crippen molar-refractivity contribution >= 4 is 28.6 Å². The van der Waals surface area contributed by atoms with Gasteiger partial charge in [0.15, 0.2) is 0 Å². The standard InChI is InChI=1S/C19H25N3OS/c1-13(2)18-20-16-10-5-4-9-15(16)19(21-18)24-12-17(23)22-11-7-6-8-14(22)3/h4-5,9-10,13-14H,6-8,11-12H2,1-3H3/t14-/m1/s1. The molecule has 0 bridgehead atoms. The molecule has 1 fully saturated rings. The van der Waals surface area contributed by atoms with Gasteiger partial charge in [-0.05, 0) is 32.3 Å². The summed E-state index contributed by atoms with van der Waals surface area (Å²) in [6, 6.07) is 8.41. The van der Waals surface area contributed by atoms with Gasteiger partial charge in [0.2, 0.25) is 5.91 Å². The lowest BCUT2D eigenvalue weighted by Crippen LogP contribution is -2.42. The minimum absolute atomic E-state index is 0.223. The summed E-state index contributed by atoms with van der Waals surface area (Å²) in [5.41, 5.74) is 0.956. The Morgan fingerprint density at radius 2 is 2.08 bits per heavy atom. The number of amides is 1. The Labute approximate surface area is 148 Å². The van der Waals surface area contributed by atoms with Gasteiger partial charge in [-0.2, -0.15) is 0 Å². The summed E-state index contributed by atoms with van der Waals surface area (Å²) in [6.45, 7) is 7.24. The van der Waals surface area contributed by atoms with Crippen LogP contribution >= 0.6 is 11.8 Å². The predicted molar refractivity (Wildman–Crippen MR) is 99.4 cm³/mol. The number of fused-ring (bicyclic) bond motifs is 1. The van der Waals surface area contributed by atoms with Crippen molar-refractivity contribution in [3.8, 4) is 0 Å². The first-order chi connectivity index (χ1) is 11.6. The van der Waals surface area contributed by atoms with E-state index in [-0.39, 0.29) is 11.8 Å². The van der Waals surface area contributed by atoms with Crippen molar-refractivity contribution in [1.29, 1.82) is 0 Å². The summed E-state index contributed by atoms with van der Waals surface area (Å²) in [6.07, 6.45) is 3.46. The molecule has 24 heavy (non-hydrogen) atoms. The van der Waals surface area contributed by atoms with Crippen LogP contribution in [-0.2, 0) is 4.79 Å². The molecule has 1 saturated heterocycles. The van der Waals surface area contributed by atoms with E-state index in [0.717, 1.165) is 41.1 Å². The van der Waals surface area contributed by atoms with Crippen LogP contribution in [0.4, 0.5) is 0 Å². The van der Waals surface area contributed by atoms with Crippen molar-refractivity contribution in [2.75, 3.05) is 12.3 Å². The highest BCUT2D eigenvalue weighted by Crippen LogP contribution is 2.28. The van der Waals surface area contributed by atoms with Crippen LogP contribution in [0.5, 0.6) is 0 Å². The summed E-state index contributed by atoms with van der Waals surface area (Å²) in [7, 11) is 0. The molecule has 2 aromatic rings. The molecule has 1 aliphatic heterocycles. The smallest absolute Gasteiger partial charge is 0.233 e. The van der Waals surface area contributed by atoms with Gasteiger partial charge in [0, 0.05) is 23.9 Å². The number of piperidine rings is 1. The summed E-state index contributed by atoms with van der Waals surface area (Å²) >= 11 is 1.54. The molecule has 0 aliphatic carbocycles. The first kappa shape index (κ1) is 17.2. The Kier molecular flexibility index (Phi) is 5.39. The molecule has 1 aromatic heterocycles. The van der Waals surface area contributed by atoms with Gasteiger partial charge in [-0.1, -0.05) is 43.8 Å². The second-order valence-electron chi connectivity index (χ2n) is 6.78. The zero-order valence-corrected chi connectivity index (χ0v) is 15.5. The molecular weight excluding hydrogens is 318 g/mol. The average molecular weight is 343 g/mol. The lowest BCUT2D eigenvalue weighted by atomic mass is 10.0. The zero-order chi connectivity index (χ0) is 17.1. The van der Waals surface area contributed by atoms with Gasteiger partial charge in [0.1, 0.15) is 10.9 Å². The highest BCUT2D eigenvalue weighted by molar-refractivity contribution is 8.00. The average Bonchev–Trinajstić information content (AvgIpc) is 2.59. The van der Waals surface area contributed by atoms with Gasteiger partial charge >= 0.3 is 0 Å². The van der Waals surface area contributed by atoms with Crippen molar-refractivity contribution in [2.24, 2.45) is 0 Å². The lowest BCUT2D eigenvalue weighted by molar-refractivity contribution is -0.131. The minimum atomic E-state index is 0.223. The van der Waals surface area contributed by atoms with E-state index in [2.05, 4.69) is 25.8 Å². The minimum Gasteiger partial charge on any atom is -0.339 e. The van der Waals surface area contributed by atoms with Crippen LogP contribution in [0.3, 0.4) is 0 Å². The van der Waals surface area contributed by atoms with Crippen LogP contribution in [0.15, 0.2) is 29.3 Å². The maximum Gasteiger partial charge on any atom is 0.233 e. The Balaban J connectivity index is 1.80. The van der Waals surface area contributed by atoms with Gasteiger partial charge in [0.05, 0.1) is 11.3 Å². The number of hydrogen-bond acceptors (Lipinski definition) is 4. The molecule has 2 heterocycles. The van der Waals surface area contributed by atoms with Crippen molar-refractivity contribution in [1.82, 2.24) is 14.9 Å². The highest BCUT2D eigenvalue weighted by atomic mass is 32.2. The summed E-state index contributed by atoms with van der Waals surface area (Å²) < 4.78 is 0. The Morgan fingerprint density at radius 1 is 1.29 bits per heavy atom. The number of aromatic nitrogens is 2. The second-order valence-corrected chi connectivity index (χ2v) is 7.74. The van der Waals surface area contributed by atoms with Crippen LogP contribution in [0.1, 0.15) is 51.8 Å². The molecule has 4 nitrogen and oxygen atoms in total. The second kappa shape index (κ2) is 7.51. The molecule has 128 valence electrons. The maximum atomic E-state index is 12.6. The number of para-hydroxylation sites is 1. The van der Waals surface area contributed by atoms with Gasteiger partial charge in [-0.3, -0.25) is 4.79 Å². The Bertz CT molecular complexity index is 732. The van der Waals surface area contributed by atoms with Gasteiger partial charge in [0.25, 0.3) is 0 Å². The Hall–Kier alpha value is -1.62. The van der Waals surface area contributed by atoms with E-state index in [4.69, 9.17) is 4.98 Å². The molecule has 1 aliphatic rings. The summed E-state index contributed by atoms with van der Waals surface area (Å²) in [4.78, 5) is 24.0. The SMILES string of the molecule is CC(C)c1nc(SCC(=O)N2CCCC[C@H]2C)c2ccccc2n1. The van der Waals surface area contributed by atoms with Crippen LogP contribution in [0, 0.1) is 0 Å². The van der Waals surface area contributed by atoms with Crippen LogP contribution in [-0.4, -0.2) is 39.1 Å². The number of nitrogens with zero attached hydrogens (tertiary/aromatic N) is 3. The zero-order valence-electron chi connectivity index (χ0n) is 14.7. The third kappa shape index (κ3) is 3.72. The number of carbonyl (C=O) groups excluding carboxylic acids is 1. The fraction of sp³-hybridized carbons (Fsp3) is 0.526. The number of rotatable bonds is 4. The molecule has 0 unspecified atom stereocenters. The third-order valence-electron chi connectivity index (χ3n) is 4.56. The normalized spacial score (nSPS) is 18.3. The molecule has 0 spiro atoms. The van der Waals surface area contributed by atoms with Crippen molar-refractivity contribution in [2.45, 2.75) is 57.0 Å². The molecule has 0 N–H and O–H groups in total. The monoisotopic (exact) mass is 343 g/mol. The fourth-order valence-corrected chi connectivity index (χ4v) is 4.03. The number of likely N-dealkylation sites (tertiary alicyclic amines) is 1. The predicted octanol–water partition coefficient (Wildman–Crippen LogP) is 4.25. The molecule has 1 atom stereocenters. The molecule has 5 heteroatoms. The maximum absolute atomic E-state index is 12.6. The summed E-state index contributed by atoms with van der Waals surface area (Å²) in [5, 5.41) is 1.95. The van der Waals surface area contributed by atoms with Crippen LogP contribution in [0.25, 0.3) is 10.9 Å². The number of thioether (sulfide) groups is 1. The molecule has 0 saturated carbocycles. The Morgan fingerprint density at radius 3 is 2.83 bits per heavy atom. The first-order valence-electron chi connectivity index (χ1n) is 8.75. The van der Waals surface area contributed by atoms with E-state index < -0.39 is 0 Å². The third-order valence-corrected chi connectivity index (χ3v) is 5.53. The highest BCUT2D eigenvalue weighted by Gasteiger charge is 2.23. The van der Waals surface area contributed by atoms with Gasteiger partial charge in [-0.25, -0.2) is 9.97 Å². The number of carbonyl (C=O) groups is 1. The van der Waals surface area contributed by atoms with E-state index in [0.29, 0.717) is 11.8 Å². The lowest BCUT2D eigenvalue weighted by Gasteiger charge is -2.33. The molecular formula is C19H25N3OS. The van der Waals surface area contributed by atoms with Crippen molar-refractivity contribution in [3.05, 3.63) is 30.1 Å². The largest absolute Gasteiger partial charge is 0.339 e. The topological polar surface area (TPSA) is 46.1 Å². The fourth-order valence-electron chi connectivity index (χ4n) is 3.11. The number of benzene rings is 1. The summed E-state index contributed by atoms with van der Waals surface area (Å²) in [5.74, 6) is 1.78. The van der Waals surface area contributed by atoms with E-state index >= 15 is 0 Å². The molecule has 1 aromatic carbocycles. The quantitative estimate of drug-likeness (QED) is 0.615. The molecule has 1 amide bonds. The molecule has 0 radical (unpaired) electrons. The van der Waals surface area contributed by atoms with Crippen LogP contribution < -0.4 is 0 Å². The van der Waals surface area contributed by atoms with Crippen molar-refractivity contribution < 1.29 is 4.79 Å².